The van der Waals surface area contributed by atoms with Gasteiger partial charge in [-0.25, -0.2) is 0 Å². The molecule has 0 bridgehead atoms. The zero-order valence-electron chi connectivity index (χ0n) is 15.0. The predicted molar refractivity (Wildman–Crippen MR) is 109 cm³/mol. The molecular formula is C22H23O3P. The van der Waals surface area contributed by atoms with Gasteiger partial charge in [-0.15, -0.1) is 0 Å². The molecule has 0 amide bonds. The third-order valence-corrected chi connectivity index (χ3v) is 10.2. The van der Waals surface area contributed by atoms with E-state index in [0.717, 1.165) is 15.9 Å². The molecule has 3 rings (SSSR count). The number of rotatable bonds is 6. The van der Waals surface area contributed by atoms with E-state index in [2.05, 4.69) is 0 Å². The molecule has 0 unspecified atom stereocenters. The minimum absolute atomic E-state index is 0.281. The Balaban J connectivity index is 2.51. The van der Waals surface area contributed by atoms with Gasteiger partial charge in [0, 0.05) is 0 Å². The van der Waals surface area contributed by atoms with Crippen molar-refractivity contribution in [3.8, 4) is 0 Å². The Morgan fingerprint density at radius 1 is 0.731 bits per heavy atom. The van der Waals surface area contributed by atoms with Gasteiger partial charge < -0.3 is 0 Å². The number of carbonyl (C=O) groups excluding carboxylic acids is 1. The monoisotopic (exact) mass is 366 g/mol. The van der Waals surface area contributed by atoms with Gasteiger partial charge in [0.2, 0.25) is 0 Å². The van der Waals surface area contributed by atoms with Gasteiger partial charge in [0.1, 0.15) is 0 Å². The van der Waals surface area contributed by atoms with Crippen LogP contribution in [0.4, 0.5) is 0 Å². The minimum atomic E-state index is -3.62. The van der Waals surface area contributed by atoms with E-state index in [9.17, 15) is 4.79 Å². The van der Waals surface area contributed by atoms with Gasteiger partial charge >= 0.3 is 154 Å². The summed E-state index contributed by atoms with van der Waals surface area (Å²) in [5.41, 5.74) is 0. The molecule has 0 radical (unpaired) electrons. The van der Waals surface area contributed by atoms with Crippen molar-refractivity contribution in [1.29, 1.82) is 0 Å². The van der Waals surface area contributed by atoms with Crippen molar-refractivity contribution in [1.82, 2.24) is 0 Å². The average Bonchev–Trinajstić information content (AvgIpc) is 2.69. The second kappa shape index (κ2) is 7.41. The summed E-state index contributed by atoms with van der Waals surface area (Å²) in [4.78, 5) is 12.4. The van der Waals surface area contributed by atoms with Gasteiger partial charge in [-0.1, -0.05) is 0 Å². The molecule has 3 aromatic carbocycles. The Hall–Kier alpha value is -2.48. The maximum absolute atomic E-state index is 12.4. The molecule has 0 saturated heterocycles. The molecule has 0 atom stereocenters. The van der Waals surface area contributed by atoms with Gasteiger partial charge in [0.15, 0.2) is 0 Å². The number of methoxy groups -OCH3 is 1. The molecule has 26 heavy (non-hydrogen) atoms. The van der Waals surface area contributed by atoms with Crippen molar-refractivity contribution in [2.24, 2.45) is 0 Å². The summed E-state index contributed by atoms with van der Waals surface area (Å²) in [7, 11) is 1.65. The molecule has 0 fully saturated rings. The molecule has 3 aromatic rings. The van der Waals surface area contributed by atoms with E-state index in [1.54, 1.807) is 7.11 Å². The third-order valence-electron chi connectivity index (χ3n) is 4.61. The fraction of sp³-hybridized carbons (Fsp3) is 0.136. The molecule has 0 aliphatic rings. The molecule has 3 nitrogen and oxygen atoms in total. The van der Waals surface area contributed by atoms with Gasteiger partial charge in [0.05, 0.1) is 0 Å². The molecule has 0 spiro atoms. The van der Waals surface area contributed by atoms with Crippen LogP contribution in [-0.2, 0) is 14.1 Å². The number of hydrogen-bond acceptors (Lipinski definition) is 3. The second-order valence-corrected chi connectivity index (χ2v) is 10.6. The molecule has 134 valence electrons. The number of benzene rings is 3. The average molecular weight is 366 g/mol. The third kappa shape index (κ3) is 2.84. The first-order valence-electron chi connectivity index (χ1n) is 8.51. The summed E-state index contributed by atoms with van der Waals surface area (Å²) in [6.45, 7) is -2.16. The SMILES string of the molecule is COCP(OC(C)=O)(c1ccccc1)(c1ccccc1)c1ccccc1. The predicted octanol–water partition coefficient (Wildman–Crippen LogP) is 3.60. The standard InChI is InChI=1S/C22H23O3P/c1-19(23)25-26(18-24-2,20-12-6-3-7-13-20,21-14-8-4-9-15-21)22-16-10-5-11-17-22/h3-17H,18H2,1-2H3. The van der Waals surface area contributed by atoms with Gasteiger partial charge in [-0.05, 0) is 0 Å². The van der Waals surface area contributed by atoms with Crippen molar-refractivity contribution in [3.63, 3.8) is 0 Å². The Morgan fingerprint density at radius 2 is 1.08 bits per heavy atom. The van der Waals surface area contributed by atoms with E-state index in [1.807, 2.05) is 91.0 Å². The van der Waals surface area contributed by atoms with Gasteiger partial charge in [-0.2, -0.15) is 0 Å². The van der Waals surface area contributed by atoms with Crippen LogP contribution < -0.4 is 15.9 Å². The normalized spacial score (nSPS) is 12.8. The fourth-order valence-electron chi connectivity index (χ4n) is 3.62. The van der Waals surface area contributed by atoms with E-state index in [4.69, 9.17) is 9.26 Å². The summed E-state index contributed by atoms with van der Waals surface area (Å²) < 4.78 is 12.1. The topological polar surface area (TPSA) is 35.5 Å². The van der Waals surface area contributed by atoms with Crippen LogP contribution in [0.5, 0.6) is 0 Å². The summed E-state index contributed by atoms with van der Waals surface area (Å²) in [5.74, 6) is -0.323. The van der Waals surface area contributed by atoms with Crippen LogP contribution in [0.1, 0.15) is 6.92 Å². The van der Waals surface area contributed by atoms with Gasteiger partial charge in [0.25, 0.3) is 0 Å². The van der Waals surface area contributed by atoms with Crippen LogP contribution in [0.25, 0.3) is 0 Å². The van der Waals surface area contributed by atoms with Crippen LogP contribution in [0.3, 0.4) is 0 Å². The zero-order chi connectivity index (χ0) is 18.5. The first kappa shape index (κ1) is 18.3. The molecule has 0 aromatic heterocycles. The van der Waals surface area contributed by atoms with Crippen molar-refractivity contribution >= 4 is 28.7 Å². The fourth-order valence-corrected chi connectivity index (χ4v) is 8.79. The van der Waals surface area contributed by atoms with E-state index < -0.39 is 6.83 Å². The second-order valence-electron chi connectivity index (χ2n) is 6.22. The van der Waals surface area contributed by atoms with E-state index in [1.165, 1.54) is 6.92 Å². The molecule has 0 aliphatic carbocycles. The maximum atomic E-state index is 12.4. The first-order valence-corrected chi connectivity index (χ1v) is 10.8. The Bertz CT molecular complexity index is 764. The summed E-state index contributed by atoms with van der Waals surface area (Å²) in [6.07, 6.45) is 0.281. The van der Waals surface area contributed by atoms with Crippen LogP contribution >= 0.6 is 6.83 Å². The van der Waals surface area contributed by atoms with E-state index in [0.29, 0.717) is 0 Å². The Kier molecular flexibility index (Phi) is 5.22. The molecular weight excluding hydrogens is 343 g/mol. The van der Waals surface area contributed by atoms with Crippen LogP contribution in [0, 0.1) is 0 Å². The summed E-state index contributed by atoms with van der Waals surface area (Å²) in [6, 6.07) is 29.9. The summed E-state index contributed by atoms with van der Waals surface area (Å²) >= 11 is 0. The molecule has 0 saturated carbocycles. The van der Waals surface area contributed by atoms with Crippen molar-refractivity contribution in [3.05, 3.63) is 91.0 Å². The van der Waals surface area contributed by atoms with Crippen molar-refractivity contribution in [2.75, 3.05) is 13.5 Å². The van der Waals surface area contributed by atoms with Crippen molar-refractivity contribution in [2.45, 2.75) is 6.92 Å². The summed E-state index contributed by atoms with van der Waals surface area (Å²) in [5, 5.41) is 2.90. The zero-order valence-corrected chi connectivity index (χ0v) is 15.9. The van der Waals surface area contributed by atoms with Crippen LogP contribution in [0.2, 0.25) is 0 Å². The molecule has 4 heteroatoms. The Morgan fingerprint density at radius 3 is 1.35 bits per heavy atom. The van der Waals surface area contributed by atoms with E-state index in [-0.39, 0.29) is 12.3 Å². The van der Waals surface area contributed by atoms with E-state index >= 15 is 0 Å². The van der Waals surface area contributed by atoms with Crippen LogP contribution in [0.15, 0.2) is 91.0 Å². The van der Waals surface area contributed by atoms with Gasteiger partial charge in [-0.3, -0.25) is 0 Å². The van der Waals surface area contributed by atoms with Crippen LogP contribution in [-0.4, -0.2) is 19.4 Å². The molecule has 0 heterocycles. The Labute approximate surface area is 154 Å². The number of ether oxygens (including phenoxy) is 1. The van der Waals surface area contributed by atoms with Crippen molar-refractivity contribution < 1.29 is 14.1 Å². The quantitative estimate of drug-likeness (QED) is 0.626. The first-order chi connectivity index (χ1) is 12.6. The molecule has 0 N–H and O–H groups in total. The molecule has 0 aliphatic heterocycles. The number of hydrogen-bond donors (Lipinski definition) is 0. The number of carbonyl (C=O) groups is 1.